The number of nitrogens with one attached hydrogen (secondary N) is 1. The normalized spacial score (nSPS) is 16.9. The Morgan fingerprint density at radius 3 is 2.65 bits per heavy atom. The summed E-state index contributed by atoms with van der Waals surface area (Å²) in [6.45, 7) is 4.91. The second-order valence-corrected chi connectivity index (χ2v) is 7.13. The molecular formula is C19H24N2OS. The van der Waals surface area contributed by atoms with E-state index in [0.717, 1.165) is 24.2 Å². The summed E-state index contributed by atoms with van der Waals surface area (Å²) in [5.41, 5.74) is 1.80. The van der Waals surface area contributed by atoms with Crippen LogP contribution < -0.4 is 5.32 Å². The van der Waals surface area contributed by atoms with Gasteiger partial charge in [-0.05, 0) is 55.9 Å². The Balaban J connectivity index is 1.69. The topological polar surface area (TPSA) is 32.3 Å². The lowest BCUT2D eigenvalue weighted by Gasteiger charge is -2.34. The lowest BCUT2D eigenvalue weighted by Crippen LogP contribution is -2.40. The number of amides is 1. The van der Waals surface area contributed by atoms with Gasteiger partial charge >= 0.3 is 0 Å². The minimum atomic E-state index is 0.0293. The minimum absolute atomic E-state index is 0.0293. The van der Waals surface area contributed by atoms with Crippen molar-refractivity contribution in [1.29, 1.82) is 0 Å². The highest BCUT2D eigenvalue weighted by Crippen LogP contribution is 2.27. The number of likely N-dealkylation sites (tertiary alicyclic amines) is 1. The fraction of sp³-hybridized carbons (Fsp3) is 0.421. The zero-order valence-electron chi connectivity index (χ0n) is 13.6. The maximum atomic E-state index is 12.5. The number of thiophene rings is 1. The molecule has 3 nitrogen and oxygen atoms in total. The van der Waals surface area contributed by atoms with Gasteiger partial charge in [0.1, 0.15) is 0 Å². The molecule has 1 aromatic carbocycles. The van der Waals surface area contributed by atoms with Gasteiger partial charge < -0.3 is 5.32 Å². The third kappa shape index (κ3) is 4.01. The van der Waals surface area contributed by atoms with Gasteiger partial charge in [-0.3, -0.25) is 9.69 Å². The van der Waals surface area contributed by atoms with Crippen LogP contribution in [0.4, 0.5) is 0 Å². The molecule has 0 bridgehead atoms. The predicted molar refractivity (Wildman–Crippen MR) is 96.0 cm³/mol. The molecule has 4 heteroatoms. The molecule has 1 N–H and O–H groups in total. The van der Waals surface area contributed by atoms with Crippen molar-refractivity contribution in [3.8, 4) is 0 Å². The van der Waals surface area contributed by atoms with E-state index in [2.05, 4.69) is 27.7 Å². The van der Waals surface area contributed by atoms with Crippen molar-refractivity contribution in [3.05, 3.63) is 57.8 Å². The van der Waals surface area contributed by atoms with Crippen LogP contribution in [-0.4, -0.2) is 30.4 Å². The number of carbonyl (C=O) groups is 1. The molecule has 1 saturated heterocycles. The molecule has 3 rings (SSSR count). The molecule has 1 aliphatic heterocycles. The number of hydrogen-bond donors (Lipinski definition) is 1. The van der Waals surface area contributed by atoms with Crippen LogP contribution in [0.3, 0.4) is 0 Å². The summed E-state index contributed by atoms with van der Waals surface area (Å²) in [6, 6.07) is 12.3. The van der Waals surface area contributed by atoms with Gasteiger partial charge in [0.15, 0.2) is 0 Å². The Morgan fingerprint density at radius 1 is 1.17 bits per heavy atom. The van der Waals surface area contributed by atoms with E-state index in [0.29, 0.717) is 12.6 Å². The van der Waals surface area contributed by atoms with Crippen molar-refractivity contribution in [2.75, 3.05) is 19.6 Å². The third-order valence-corrected chi connectivity index (χ3v) is 5.52. The number of rotatable bonds is 5. The number of nitrogens with zero attached hydrogens (tertiary/aromatic N) is 1. The highest BCUT2D eigenvalue weighted by atomic mass is 32.1. The van der Waals surface area contributed by atoms with Gasteiger partial charge in [0, 0.05) is 17.0 Å². The number of hydrogen-bond acceptors (Lipinski definition) is 3. The summed E-state index contributed by atoms with van der Waals surface area (Å²) in [6.07, 6.45) is 3.84. The van der Waals surface area contributed by atoms with Crippen LogP contribution in [0.25, 0.3) is 0 Å². The summed E-state index contributed by atoms with van der Waals surface area (Å²) in [7, 11) is 0. The van der Waals surface area contributed by atoms with Gasteiger partial charge in [0.2, 0.25) is 0 Å². The molecule has 0 saturated carbocycles. The summed E-state index contributed by atoms with van der Waals surface area (Å²) in [4.78, 5) is 16.4. The van der Waals surface area contributed by atoms with Crippen molar-refractivity contribution >= 4 is 17.2 Å². The lowest BCUT2D eigenvalue weighted by atomic mass is 10.1. The van der Waals surface area contributed by atoms with Crippen LogP contribution >= 0.6 is 11.3 Å². The fourth-order valence-electron chi connectivity index (χ4n) is 3.23. The van der Waals surface area contributed by atoms with E-state index in [9.17, 15) is 4.79 Å². The molecule has 2 aromatic rings. The first kappa shape index (κ1) is 16.2. The smallest absolute Gasteiger partial charge is 0.251 e. The zero-order chi connectivity index (χ0) is 16.1. The van der Waals surface area contributed by atoms with Crippen LogP contribution in [0.5, 0.6) is 0 Å². The maximum absolute atomic E-state index is 12.5. The van der Waals surface area contributed by atoms with Crippen LogP contribution in [0.2, 0.25) is 0 Å². The van der Waals surface area contributed by atoms with E-state index in [1.165, 1.54) is 24.1 Å². The summed E-state index contributed by atoms with van der Waals surface area (Å²) < 4.78 is 0. The van der Waals surface area contributed by atoms with Gasteiger partial charge in [0.05, 0.1) is 6.04 Å². The second kappa shape index (κ2) is 7.75. The van der Waals surface area contributed by atoms with Crippen LogP contribution in [-0.2, 0) is 0 Å². The Morgan fingerprint density at radius 2 is 1.96 bits per heavy atom. The molecule has 1 amide bonds. The highest BCUT2D eigenvalue weighted by Gasteiger charge is 2.23. The van der Waals surface area contributed by atoms with Crippen LogP contribution in [0.1, 0.15) is 46.1 Å². The number of benzene rings is 1. The summed E-state index contributed by atoms with van der Waals surface area (Å²) in [5.74, 6) is 0.0293. The average molecular weight is 328 g/mol. The maximum Gasteiger partial charge on any atom is 0.251 e. The number of piperidine rings is 1. The number of carbonyl (C=O) groups excluding carboxylic acids is 1. The largest absolute Gasteiger partial charge is 0.350 e. The van der Waals surface area contributed by atoms with E-state index in [1.807, 2.05) is 31.2 Å². The first-order valence-corrected chi connectivity index (χ1v) is 9.25. The van der Waals surface area contributed by atoms with E-state index in [-0.39, 0.29) is 5.91 Å². The molecule has 0 aliphatic carbocycles. The van der Waals surface area contributed by atoms with Gasteiger partial charge in [-0.25, -0.2) is 0 Å². The van der Waals surface area contributed by atoms with E-state index in [4.69, 9.17) is 0 Å². The molecule has 2 heterocycles. The molecule has 23 heavy (non-hydrogen) atoms. The summed E-state index contributed by atoms with van der Waals surface area (Å²) >= 11 is 1.78. The van der Waals surface area contributed by atoms with Crippen molar-refractivity contribution in [1.82, 2.24) is 10.2 Å². The Labute approximate surface area is 142 Å². The SMILES string of the molecule is Cc1ccccc1C(=O)NC[C@H](c1cccs1)N1CCCCC1. The Bertz CT molecular complexity index is 633. The monoisotopic (exact) mass is 328 g/mol. The van der Waals surface area contributed by atoms with Crippen molar-refractivity contribution in [3.63, 3.8) is 0 Å². The van der Waals surface area contributed by atoms with E-state index >= 15 is 0 Å². The number of aryl methyl sites for hydroxylation is 1. The van der Waals surface area contributed by atoms with Gasteiger partial charge in [0.25, 0.3) is 5.91 Å². The van der Waals surface area contributed by atoms with Gasteiger partial charge in [-0.1, -0.05) is 30.7 Å². The molecule has 1 aromatic heterocycles. The quantitative estimate of drug-likeness (QED) is 0.899. The van der Waals surface area contributed by atoms with E-state index < -0.39 is 0 Å². The fourth-order valence-corrected chi connectivity index (χ4v) is 4.09. The Hall–Kier alpha value is -1.65. The molecule has 1 aliphatic rings. The van der Waals surface area contributed by atoms with Gasteiger partial charge in [-0.15, -0.1) is 11.3 Å². The molecule has 0 unspecified atom stereocenters. The van der Waals surface area contributed by atoms with Crippen LogP contribution in [0, 0.1) is 6.92 Å². The molecule has 0 spiro atoms. The van der Waals surface area contributed by atoms with E-state index in [1.54, 1.807) is 11.3 Å². The second-order valence-electron chi connectivity index (χ2n) is 6.15. The summed E-state index contributed by atoms with van der Waals surface area (Å²) in [5, 5.41) is 5.27. The lowest BCUT2D eigenvalue weighted by molar-refractivity contribution is 0.0925. The van der Waals surface area contributed by atoms with Crippen molar-refractivity contribution < 1.29 is 4.79 Å². The third-order valence-electron chi connectivity index (χ3n) is 4.55. The molecular weight excluding hydrogens is 304 g/mol. The molecule has 0 radical (unpaired) electrons. The molecule has 1 atom stereocenters. The average Bonchev–Trinajstić information content (AvgIpc) is 3.10. The molecule has 122 valence electrons. The van der Waals surface area contributed by atoms with Crippen LogP contribution in [0.15, 0.2) is 41.8 Å². The minimum Gasteiger partial charge on any atom is -0.350 e. The van der Waals surface area contributed by atoms with Gasteiger partial charge in [-0.2, -0.15) is 0 Å². The first-order valence-electron chi connectivity index (χ1n) is 8.37. The molecule has 1 fully saturated rings. The van der Waals surface area contributed by atoms with Crippen molar-refractivity contribution in [2.45, 2.75) is 32.2 Å². The highest BCUT2D eigenvalue weighted by molar-refractivity contribution is 7.10. The standard InChI is InChI=1S/C19H24N2OS/c1-15-8-3-4-9-16(15)19(22)20-14-17(18-10-7-13-23-18)21-11-5-2-6-12-21/h3-4,7-10,13,17H,2,5-6,11-12,14H2,1H3,(H,20,22)/t17-/m1/s1. The first-order chi connectivity index (χ1) is 11.3. The Kier molecular flexibility index (Phi) is 5.47. The zero-order valence-corrected chi connectivity index (χ0v) is 14.4. The predicted octanol–water partition coefficient (Wildman–Crippen LogP) is 4.01. The van der Waals surface area contributed by atoms with Crippen molar-refractivity contribution in [2.24, 2.45) is 0 Å².